The van der Waals surface area contributed by atoms with Gasteiger partial charge in [0.15, 0.2) is 0 Å². The highest BCUT2D eigenvalue weighted by Gasteiger charge is 2.22. The van der Waals surface area contributed by atoms with E-state index in [0.29, 0.717) is 25.1 Å². The molecule has 0 aliphatic carbocycles. The Morgan fingerprint density at radius 3 is 2.24 bits per heavy atom. The zero-order valence-electron chi connectivity index (χ0n) is 21.0. The van der Waals surface area contributed by atoms with E-state index in [9.17, 15) is 18.4 Å². The topological polar surface area (TPSA) is 94.1 Å². The summed E-state index contributed by atoms with van der Waals surface area (Å²) in [5, 5.41) is 17.1. The van der Waals surface area contributed by atoms with Crippen LogP contribution in [0.3, 0.4) is 0 Å². The third kappa shape index (κ3) is 8.05. The number of hydrogen-bond donors (Lipinski definition) is 4. The number of rotatable bonds is 12. The van der Waals surface area contributed by atoms with Crippen LogP contribution in [0.5, 0.6) is 0 Å². The highest BCUT2D eigenvalue weighted by molar-refractivity contribution is 6.45. The number of carbonyl (C=O) groups is 2. The number of halogens is 2. The van der Waals surface area contributed by atoms with Crippen molar-refractivity contribution in [1.82, 2.24) is 16.0 Å². The molecule has 3 rings (SSSR count). The van der Waals surface area contributed by atoms with E-state index in [1.165, 1.54) is 30.8 Å². The van der Waals surface area contributed by atoms with Gasteiger partial charge in [0, 0.05) is 36.8 Å². The van der Waals surface area contributed by atoms with E-state index in [0.717, 1.165) is 18.1 Å². The lowest BCUT2D eigenvalue weighted by molar-refractivity contribution is -0.115. The summed E-state index contributed by atoms with van der Waals surface area (Å²) >= 11 is 0. The van der Waals surface area contributed by atoms with Gasteiger partial charge in [0.05, 0.1) is 0 Å². The van der Waals surface area contributed by atoms with Crippen molar-refractivity contribution < 1.29 is 18.4 Å². The van der Waals surface area contributed by atoms with E-state index in [4.69, 9.17) is 5.41 Å². The van der Waals surface area contributed by atoms with Crippen LogP contribution in [0.1, 0.15) is 46.0 Å². The summed E-state index contributed by atoms with van der Waals surface area (Å²) in [5.41, 5.74) is 2.83. The zero-order valence-corrected chi connectivity index (χ0v) is 21.0. The summed E-state index contributed by atoms with van der Waals surface area (Å²) in [7, 11) is 1.47. The summed E-state index contributed by atoms with van der Waals surface area (Å²) in [5.74, 6) is -2.47. The van der Waals surface area contributed by atoms with Crippen LogP contribution in [-0.2, 0) is 24.2 Å². The fourth-order valence-electron chi connectivity index (χ4n) is 4.12. The highest BCUT2D eigenvalue weighted by atomic mass is 19.1. The van der Waals surface area contributed by atoms with E-state index < -0.39 is 29.5 Å². The van der Waals surface area contributed by atoms with Gasteiger partial charge >= 0.3 is 0 Å². The third-order valence-corrected chi connectivity index (χ3v) is 6.03. The van der Waals surface area contributed by atoms with Gasteiger partial charge in [-0.05, 0) is 60.7 Å². The molecule has 0 aromatic heterocycles. The van der Waals surface area contributed by atoms with Crippen LogP contribution in [-0.4, -0.2) is 37.2 Å². The van der Waals surface area contributed by atoms with Crippen molar-refractivity contribution in [2.24, 2.45) is 0 Å². The summed E-state index contributed by atoms with van der Waals surface area (Å²) in [4.78, 5) is 25.2. The molecule has 0 aliphatic rings. The van der Waals surface area contributed by atoms with Gasteiger partial charge in [-0.25, -0.2) is 8.78 Å². The van der Waals surface area contributed by atoms with Crippen molar-refractivity contribution in [2.75, 3.05) is 13.6 Å². The van der Waals surface area contributed by atoms with Gasteiger partial charge in [-0.3, -0.25) is 15.0 Å². The largest absolute Gasteiger partial charge is 0.355 e. The molecule has 0 saturated heterocycles. The van der Waals surface area contributed by atoms with Gasteiger partial charge in [-0.15, -0.1) is 0 Å². The Morgan fingerprint density at radius 1 is 0.892 bits per heavy atom. The van der Waals surface area contributed by atoms with Crippen molar-refractivity contribution >= 4 is 17.5 Å². The maximum atomic E-state index is 13.8. The smallest absolute Gasteiger partial charge is 0.270 e. The molecule has 3 aromatic rings. The van der Waals surface area contributed by atoms with E-state index >= 15 is 0 Å². The predicted molar refractivity (Wildman–Crippen MR) is 141 cm³/mol. The molecule has 1 atom stereocenters. The van der Waals surface area contributed by atoms with Gasteiger partial charge in [0.1, 0.15) is 17.3 Å². The second-order valence-electron chi connectivity index (χ2n) is 8.79. The summed E-state index contributed by atoms with van der Waals surface area (Å²) in [6.45, 7) is 3.26. The standard InChI is InChI=1S/C29H32F2N4O2/c1-3-19-7-6-8-20(13-19)18-34-12-11-24(16-21-14-22(30)17-23(31)15-21)35-29(37)27(32)25-9-4-5-10-26(25)28(36)33-2/h4-10,13-15,17,24,32,34H,3,11-12,16,18H2,1-2H3,(H,33,36)(H,35,37). The molecular weight excluding hydrogens is 474 g/mol. The Bertz CT molecular complexity index is 1240. The normalized spacial score (nSPS) is 11.6. The molecule has 37 heavy (non-hydrogen) atoms. The van der Waals surface area contributed by atoms with E-state index in [2.05, 4.69) is 35.0 Å². The fraction of sp³-hybridized carbons (Fsp3) is 0.276. The van der Waals surface area contributed by atoms with Crippen LogP contribution >= 0.6 is 0 Å². The lowest BCUT2D eigenvalue weighted by atomic mass is 9.99. The van der Waals surface area contributed by atoms with Crippen LogP contribution in [0.4, 0.5) is 8.78 Å². The minimum Gasteiger partial charge on any atom is -0.355 e. The van der Waals surface area contributed by atoms with E-state index in [1.807, 2.05) is 12.1 Å². The first-order valence-corrected chi connectivity index (χ1v) is 12.2. The second-order valence-corrected chi connectivity index (χ2v) is 8.79. The molecule has 0 fully saturated rings. The van der Waals surface area contributed by atoms with Gasteiger partial charge in [-0.2, -0.15) is 0 Å². The SMILES string of the molecule is CCc1cccc(CNCCC(Cc2cc(F)cc(F)c2)NC(=O)C(=N)c2ccccc2C(=O)NC)c1. The molecule has 4 N–H and O–H groups in total. The maximum absolute atomic E-state index is 13.8. The maximum Gasteiger partial charge on any atom is 0.270 e. The van der Waals surface area contributed by atoms with Gasteiger partial charge in [0.25, 0.3) is 11.8 Å². The van der Waals surface area contributed by atoms with Crippen molar-refractivity contribution in [3.63, 3.8) is 0 Å². The molecule has 0 spiro atoms. The molecule has 0 saturated carbocycles. The van der Waals surface area contributed by atoms with E-state index in [-0.39, 0.29) is 23.3 Å². The average molecular weight is 507 g/mol. The Hall–Kier alpha value is -3.91. The first kappa shape index (κ1) is 27.7. The molecule has 1 unspecified atom stereocenters. The van der Waals surface area contributed by atoms with Crippen LogP contribution < -0.4 is 16.0 Å². The molecule has 2 amide bonds. The molecular formula is C29H32F2N4O2. The Balaban J connectivity index is 1.71. The van der Waals surface area contributed by atoms with Crippen molar-refractivity contribution in [3.05, 3.63) is 106 Å². The molecule has 6 nitrogen and oxygen atoms in total. The highest BCUT2D eigenvalue weighted by Crippen LogP contribution is 2.14. The molecule has 194 valence electrons. The van der Waals surface area contributed by atoms with Gasteiger partial charge < -0.3 is 16.0 Å². The zero-order chi connectivity index (χ0) is 26.8. The fourth-order valence-corrected chi connectivity index (χ4v) is 4.12. The van der Waals surface area contributed by atoms with Crippen molar-refractivity contribution in [2.45, 2.75) is 38.8 Å². The van der Waals surface area contributed by atoms with Gasteiger partial charge in [-0.1, -0.05) is 49.4 Å². The summed E-state index contributed by atoms with van der Waals surface area (Å²) < 4.78 is 27.6. The Kier molecular flexibility index (Phi) is 10.0. The first-order valence-electron chi connectivity index (χ1n) is 12.2. The number of hydrogen-bond acceptors (Lipinski definition) is 4. The Labute approximate surface area is 216 Å². The molecule has 0 bridgehead atoms. The average Bonchev–Trinajstić information content (AvgIpc) is 2.89. The molecule has 8 heteroatoms. The summed E-state index contributed by atoms with van der Waals surface area (Å²) in [6.07, 6.45) is 1.58. The van der Waals surface area contributed by atoms with Crippen LogP contribution in [0.25, 0.3) is 0 Å². The third-order valence-electron chi connectivity index (χ3n) is 6.03. The lowest BCUT2D eigenvalue weighted by Gasteiger charge is -2.20. The van der Waals surface area contributed by atoms with E-state index in [1.54, 1.807) is 18.2 Å². The van der Waals surface area contributed by atoms with Crippen molar-refractivity contribution in [1.29, 1.82) is 5.41 Å². The minimum atomic E-state index is -0.693. The van der Waals surface area contributed by atoms with Crippen LogP contribution in [0.2, 0.25) is 0 Å². The summed E-state index contributed by atoms with van der Waals surface area (Å²) in [6, 6.07) is 17.4. The monoisotopic (exact) mass is 506 g/mol. The van der Waals surface area contributed by atoms with Crippen LogP contribution in [0, 0.1) is 17.0 Å². The van der Waals surface area contributed by atoms with Crippen molar-refractivity contribution in [3.8, 4) is 0 Å². The molecule has 0 heterocycles. The number of aryl methyl sites for hydroxylation is 1. The number of benzene rings is 3. The number of carbonyl (C=O) groups excluding carboxylic acids is 2. The van der Waals surface area contributed by atoms with Gasteiger partial charge in [0.2, 0.25) is 0 Å². The molecule has 3 aromatic carbocycles. The number of nitrogens with one attached hydrogen (secondary N) is 4. The first-order chi connectivity index (χ1) is 17.8. The quantitative estimate of drug-likeness (QED) is 0.220. The number of amides is 2. The predicted octanol–water partition coefficient (Wildman–Crippen LogP) is 4.16. The second kappa shape index (κ2) is 13.4. The molecule has 0 aliphatic heterocycles. The molecule has 0 radical (unpaired) electrons. The van der Waals surface area contributed by atoms with Crippen LogP contribution in [0.15, 0.2) is 66.7 Å². The lowest BCUT2D eigenvalue weighted by Crippen LogP contribution is -2.42. The Morgan fingerprint density at radius 2 is 1.57 bits per heavy atom. The minimum absolute atomic E-state index is 0.178.